The molecular weight excluding hydrogens is 864 g/mol. The number of nitrogens with zero attached hydrogens (tertiary/aromatic N) is 2. The van der Waals surface area contributed by atoms with Gasteiger partial charge in [-0.25, -0.2) is 0 Å². The maximum atomic E-state index is 6.52. The van der Waals surface area contributed by atoms with Crippen molar-refractivity contribution in [3.8, 4) is 67.8 Å². The Bertz CT molecular complexity index is 2700. The van der Waals surface area contributed by atoms with Crippen LogP contribution in [0, 0.1) is 39.8 Å². The van der Waals surface area contributed by atoms with E-state index in [0.29, 0.717) is 0 Å². The minimum Gasteiger partial charge on any atom is -0.503 e. The van der Waals surface area contributed by atoms with Crippen molar-refractivity contribution in [2.45, 2.75) is 27.7 Å². The summed E-state index contributed by atoms with van der Waals surface area (Å²) >= 11 is 0. The van der Waals surface area contributed by atoms with Crippen molar-refractivity contribution >= 4 is 23.1 Å². The van der Waals surface area contributed by atoms with E-state index >= 15 is 0 Å². The molecule has 8 aromatic rings. The second kappa shape index (κ2) is 15.6. The molecular formula is C50H37BIrN2O2-2. The van der Waals surface area contributed by atoms with E-state index < -0.39 is 0 Å². The second-order valence-corrected chi connectivity index (χ2v) is 14.3. The summed E-state index contributed by atoms with van der Waals surface area (Å²) in [5, 5.41) is 0. The topological polar surface area (TPSA) is 44.2 Å². The van der Waals surface area contributed by atoms with Crippen LogP contribution in [0.25, 0.3) is 44.8 Å². The minimum absolute atomic E-state index is 0. The third-order valence-corrected chi connectivity index (χ3v) is 10.4. The molecule has 273 valence electrons. The molecule has 2 aromatic heterocycles. The average Bonchev–Trinajstić information content (AvgIpc) is 3.22. The SMILES string of the molecule is Cc1c[c-]c(-c2cc(-c3ccc(C)cc3C)c(C)cn2)cc1.[Ir].[c-]1cc2c3c(c1-c1cc(-c4ccccc4)ccn1)Oc1ccccc1B3c1ccccc1O2. The molecule has 1 radical (unpaired) electrons. The minimum atomic E-state index is 0. The first-order chi connectivity index (χ1) is 26.9. The van der Waals surface area contributed by atoms with Gasteiger partial charge in [0.25, 0.3) is 0 Å². The molecule has 0 atom stereocenters. The number of rotatable bonds is 4. The molecule has 2 aliphatic heterocycles. The van der Waals surface area contributed by atoms with Crippen LogP contribution >= 0.6 is 0 Å². The Labute approximate surface area is 342 Å². The Morgan fingerprint density at radius 1 is 0.536 bits per heavy atom. The van der Waals surface area contributed by atoms with Gasteiger partial charge in [-0.05, 0) is 94.7 Å². The summed E-state index contributed by atoms with van der Waals surface area (Å²) in [4.78, 5) is 9.27. The number of pyridine rings is 2. The van der Waals surface area contributed by atoms with Crippen molar-refractivity contribution in [2.75, 3.05) is 0 Å². The molecule has 0 bridgehead atoms. The maximum Gasteiger partial charge on any atom is 0.239 e. The van der Waals surface area contributed by atoms with E-state index in [4.69, 9.17) is 14.5 Å². The number of hydrogen-bond acceptors (Lipinski definition) is 4. The molecule has 0 saturated carbocycles. The standard InChI is InChI=1S/C29H17BNO2.C21H20N.Ir/c1-2-8-19(9-3-1)20-16-17-31-24(18-20)21-14-15-27-28-29(21)33-26-13-7-5-11-23(26)30(28)22-10-4-6-12-25(22)32-27;1-14-5-8-18(9-6-14)21-12-20(17(4)13-22-21)19-10-7-15(2)11-16(19)3;/h1-13,15-18H;5-8,10-13H,1-4H3;/q2*-1;. The number of hydrogen-bond donors (Lipinski definition) is 0. The second-order valence-electron chi connectivity index (χ2n) is 14.3. The summed E-state index contributed by atoms with van der Waals surface area (Å²) < 4.78 is 12.8. The van der Waals surface area contributed by atoms with Crippen LogP contribution in [0.1, 0.15) is 22.3 Å². The van der Waals surface area contributed by atoms with Crippen molar-refractivity contribution in [3.05, 3.63) is 186 Å². The quantitative estimate of drug-likeness (QED) is 0.130. The van der Waals surface area contributed by atoms with Crippen molar-refractivity contribution in [1.82, 2.24) is 9.97 Å². The molecule has 0 amide bonds. The van der Waals surface area contributed by atoms with E-state index in [2.05, 4.69) is 124 Å². The van der Waals surface area contributed by atoms with E-state index in [0.717, 1.165) is 73.0 Å². The van der Waals surface area contributed by atoms with Gasteiger partial charge in [0.05, 0.1) is 0 Å². The largest absolute Gasteiger partial charge is 0.503 e. The Hall–Kier alpha value is -6.07. The Kier molecular flexibility index (Phi) is 10.3. The molecule has 6 aromatic carbocycles. The van der Waals surface area contributed by atoms with Crippen LogP contribution in [-0.2, 0) is 20.1 Å². The summed E-state index contributed by atoms with van der Waals surface area (Å²) in [6.45, 7) is 8.52. The predicted octanol–water partition coefficient (Wildman–Crippen LogP) is 10.4. The number of para-hydroxylation sites is 2. The van der Waals surface area contributed by atoms with E-state index in [9.17, 15) is 0 Å². The normalized spacial score (nSPS) is 11.7. The molecule has 4 nitrogen and oxygen atoms in total. The zero-order valence-corrected chi connectivity index (χ0v) is 34.0. The van der Waals surface area contributed by atoms with Crippen molar-refractivity contribution in [2.24, 2.45) is 0 Å². The molecule has 6 heteroatoms. The summed E-state index contributed by atoms with van der Waals surface area (Å²) in [7, 11) is 0. The molecule has 4 heterocycles. The zero-order valence-electron chi connectivity index (χ0n) is 31.6. The third kappa shape index (κ3) is 6.99. The van der Waals surface area contributed by atoms with Gasteiger partial charge in [-0.1, -0.05) is 121 Å². The molecule has 0 unspecified atom stereocenters. The van der Waals surface area contributed by atoms with Crippen LogP contribution in [0.4, 0.5) is 0 Å². The van der Waals surface area contributed by atoms with Gasteiger partial charge < -0.3 is 19.4 Å². The van der Waals surface area contributed by atoms with E-state index in [1.54, 1.807) is 0 Å². The first-order valence-corrected chi connectivity index (χ1v) is 18.6. The summed E-state index contributed by atoms with van der Waals surface area (Å²) in [5.41, 5.74) is 16.8. The van der Waals surface area contributed by atoms with Crippen molar-refractivity contribution in [3.63, 3.8) is 0 Å². The number of benzene rings is 6. The van der Waals surface area contributed by atoms with Gasteiger partial charge in [0.2, 0.25) is 6.71 Å². The summed E-state index contributed by atoms with van der Waals surface area (Å²) in [6.07, 6.45) is 3.80. The van der Waals surface area contributed by atoms with Crippen molar-refractivity contribution in [1.29, 1.82) is 0 Å². The van der Waals surface area contributed by atoms with E-state index in [-0.39, 0.29) is 26.8 Å². The number of fused-ring (bicyclic) bond motifs is 4. The molecule has 56 heavy (non-hydrogen) atoms. The van der Waals surface area contributed by atoms with Gasteiger partial charge in [-0.15, -0.1) is 47.5 Å². The predicted molar refractivity (Wildman–Crippen MR) is 225 cm³/mol. The fourth-order valence-corrected chi connectivity index (χ4v) is 7.63. The third-order valence-electron chi connectivity index (χ3n) is 10.4. The van der Waals surface area contributed by atoms with Gasteiger partial charge in [0.15, 0.2) is 0 Å². The molecule has 10 rings (SSSR count). The Morgan fingerprint density at radius 2 is 1.25 bits per heavy atom. The van der Waals surface area contributed by atoms with Gasteiger partial charge >= 0.3 is 0 Å². The summed E-state index contributed by atoms with van der Waals surface area (Å²) in [6, 6.07) is 54.5. The molecule has 0 saturated heterocycles. The van der Waals surface area contributed by atoms with Crippen LogP contribution < -0.4 is 25.9 Å². The van der Waals surface area contributed by atoms with Crippen LogP contribution in [0.3, 0.4) is 0 Å². The number of aromatic nitrogens is 2. The molecule has 0 N–H and O–H groups in total. The van der Waals surface area contributed by atoms with Gasteiger partial charge in [0.1, 0.15) is 11.5 Å². The smallest absolute Gasteiger partial charge is 0.239 e. The monoisotopic (exact) mass is 901 g/mol. The first kappa shape index (κ1) is 36.9. The molecule has 0 fully saturated rings. The Balaban J connectivity index is 0.000000168. The van der Waals surface area contributed by atoms with Gasteiger partial charge in [0, 0.05) is 44.0 Å². The fourth-order valence-electron chi connectivity index (χ4n) is 7.63. The fraction of sp³-hybridized carbons (Fsp3) is 0.0800. The van der Waals surface area contributed by atoms with E-state index in [1.807, 2.05) is 73.1 Å². The molecule has 0 aliphatic carbocycles. The molecule has 2 aliphatic rings. The first-order valence-electron chi connectivity index (χ1n) is 18.6. The average molecular weight is 901 g/mol. The van der Waals surface area contributed by atoms with Crippen molar-refractivity contribution < 1.29 is 29.6 Å². The maximum absolute atomic E-state index is 6.52. The van der Waals surface area contributed by atoms with Gasteiger partial charge in [-0.3, -0.25) is 0 Å². The Morgan fingerprint density at radius 3 is 1.98 bits per heavy atom. The van der Waals surface area contributed by atoms with E-state index in [1.165, 1.54) is 33.4 Å². The van der Waals surface area contributed by atoms with Crippen LogP contribution in [0.15, 0.2) is 152 Å². The van der Waals surface area contributed by atoms with Crippen LogP contribution in [0.5, 0.6) is 23.0 Å². The van der Waals surface area contributed by atoms with Gasteiger partial charge in [-0.2, -0.15) is 0 Å². The summed E-state index contributed by atoms with van der Waals surface area (Å²) in [5.74, 6) is 3.29. The van der Waals surface area contributed by atoms with Crippen LogP contribution in [-0.4, -0.2) is 16.7 Å². The van der Waals surface area contributed by atoms with Crippen LogP contribution in [0.2, 0.25) is 0 Å². The number of ether oxygens (including phenoxy) is 2. The number of aryl methyl sites for hydroxylation is 4. The zero-order chi connectivity index (χ0) is 37.5. The molecule has 0 spiro atoms.